The van der Waals surface area contributed by atoms with Crippen molar-refractivity contribution in [3.05, 3.63) is 34.9 Å². The van der Waals surface area contributed by atoms with Crippen molar-refractivity contribution in [3.63, 3.8) is 0 Å². The van der Waals surface area contributed by atoms with Gasteiger partial charge in [0.25, 0.3) is 0 Å². The van der Waals surface area contributed by atoms with E-state index in [2.05, 4.69) is 20.9 Å². The lowest BCUT2D eigenvalue weighted by molar-refractivity contribution is 0.481. The Balaban J connectivity index is 2.96. The van der Waals surface area contributed by atoms with E-state index in [1.807, 2.05) is 12.1 Å². The van der Waals surface area contributed by atoms with E-state index in [0.717, 1.165) is 15.4 Å². The molecule has 0 aliphatic rings. The van der Waals surface area contributed by atoms with Crippen molar-refractivity contribution >= 4 is 26.8 Å². The van der Waals surface area contributed by atoms with Crippen molar-refractivity contribution in [1.82, 2.24) is 4.98 Å². The lowest BCUT2D eigenvalue weighted by Crippen LogP contribution is -1.79. The predicted molar refractivity (Wildman–Crippen MR) is 51.1 cm³/mol. The second kappa shape index (κ2) is 2.75. The van der Waals surface area contributed by atoms with Crippen LogP contribution in [0, 0.1) is 0 Å². The molecule has 3 heteroatoms. The summed E-state index contributed by atoms with van der Waals surface area (Å²) in [6.45, 7) is 0. The fourth-order valence-electron chi connectivity index (χ4n) is 1.15. The van der Waals surface area contributed by atoms with E-state index >= 15 is 0 Å². The maximum Gasteiger partial charge on any atom is 0.126 e. The summed E-state index contributed by atoms with van der Waals surface area (Å²) in [5.74, 6) is 0.257. The summed E-state index contributed by atoms with van der Waals surface area (Å²) >= 11 is 3.35. The Labute approximate surface area is 78.0 Å². The molecule has 2 rings (SSSR count). The minimum atomic E-state index is 0.257. The minimum absolute atomic E-state index is 0.257. The van der Waals surface area contributed by atoms with Crippen LogP contribution in [0.25, 0.3) is 10.9 Å². The Hall–Kier alpha value is -1.09. The van der Waals surface area contributed by atoms with Crippen LogP contribution in [-0.2, 0) is 0 Å². The van der Waals surface area contributed by atoms with Crippen molar-refractivity contribution < 1.29 is 5.11 Å². The number of nitrogens with zero attached hydrogens (tertiary/aromatic N) is 1. The van der Waals surface area contributed by atoms with E-state index in [9.17, 15) is 5.11 Å². The van der Waals surface area contributed by atoms with Crippen LogP contribution in [0.1, 0.15) is 0 Å². The number of aromatic hydroxyl groups is 1. The van der Waals surface area contributed by atoms with E-state index in [1.54, 1.807) is 18.3 Å². The minimum Gasteiger partial charge on any atom is -0.507 e. The van der Waals surface area contributed by atoms with Gasteiger partial charge >= 0.3 is 0 Å². The van der Waals surface area contributed by atoms with Crippen LogP contribution in [-0.4, -0.2) is 10.1 Å². The summed E-state index contributed by atoms with van der Waals surface area (Å²) in [7, 11) is 0. The van der Waals surface area contributed by atoms with Crippen molar-refractivity contribution in [2.75, 3.05) is 0 Å². The fraction of sp³-hybridized carbons (Fsp3) is 0. The second-order valence-corrected chi connectivity index (χ2v) is 3.32. The zero-order chi connectivity index (χ0) is 8.55. The van der Waals surface area contributed by atoms with Gasteiger partial charge in [0, 0.05) is 10.7 Å². The normalized spacial score (nSPS) is 10.4. The summed E-state index contributed by atoms with van der Waals surface area (Å²) in [6.07, 6.45) is 1.70. The standard InChI is InChI=1S/C9H6BrNO/c10-6-4-5-11-7-2-1-3-8(12)9(6)7/h1-5,12H. The van der Waals surface area contributed by atoms with Gasteiger partial charge in [0.1, 0.15) is 5.75 Å². The SMILES string of the molecule is Oc1cccc2nccc(Br)c12. The molecule has 1 N–H and O–H groups in total. The van der Waals surface area contributed by atoms with Gasteiger partial charge in [-0.05, 0) is 34.1 Å². The van der Waals surface area contributed by atoms with Crippen LogP contribution in [0.5, 0.6) is 5.75 Å². The Morgan fingerprint density at radius 2 is 2.08 bits per heavy atom. The Morgan fingerprint density at radius 3 is 2.83 bits per heavy atom. The van der Waals surface area contributed by atoms with Crippen LogP contribution < -0.4 is 0 Å². The molecule has 0 atom stereocenters. The van der Waals surface area contributed by atoms with Gasteiger partial charge in [-0.25, -0.2) is 0 Å². The molecule has 2 aromatic rings. The van der Waals surface area contributed by atoms with Gasteiger partial charge in [-0.2, -0.15) is 0 Å². The summed E-state index contributed by atoms with van der Waals surface area (Å²) < 4.78 is 0.866. The first kappa shape index (κ1) is 7.55. The molecule has 0 aliphatic heterocycles. The first-order valence-electron chi connectivity index (χ1n) is 3.51. The highest BCUT2D eigenvalue weighted by atomic mass is 79.9. The lowest BCUT2D eigenvalue weighted by atomic mass is 10.2. The first-order valence-corrected chi connectivity index (χ1v) is 4.30. The van der Waals surface area contributed by atoms with Gasteiger partial charge in [0.05, 0.1) is 10.9 Å². The number of halogens is 1. The van der Waals surface area contributed by atoms with E-state index in [-0.39, 0.29) is 5.75 Å². The summed E-state index contributed by atoms with van der Waals surface area (Å²) in [5, 5.41) is 10.2. The number of phenolic OH excluding ortho intramolecular Hbond substituents is 1. The van der Waals surface area contributed by atoms with Gasteiger partial charge < -0.3 is 5.11 Å². The zero-order valence-corrected chi connectivity index (χ0v) is 7.75. The van der Waals surface area contributed by atoms with Crippen molar-refractivity contribution in [2.45, 2.75) is 0 Å². The number of benzene rings is 1. The van der Waals surface area contributed by atoms with Gasteiger partial charge in [0.15, 0.2) is 0 Å². The van der Waals surface area contributed by atoms with Crippen LogP contribution >= 0.6 is 15.9 Å². The van der Waals surface area contributed by atoms with E-state index in [1.165, 1.54) is 0 Å². The molecule has 0 saturated carbocycles. The molecule has 1 heterocycles. The summed E-state index contributed by atoms with van der Waals surface area (Å²) in [5.41, 5.74) is 0.796. The smallest absolute Gasteiger partial charge is 0.126 e. The topological polar surface area (TPSA) is 33.1 Å². The van der Waals surface area contributed by atoms with Crippen molar-refractivity contribution in [2.24, 2.45) is 0 Å². The molecule has 0 saturated heterocycles. The molecule has 0 amide bonds. The molecule has 0 fully saturated rings. The number of hydrogen-bond donors (Lipinski definition) is 1. The highest BCUT2D eigenvalue weighted by Gasteiger charge is 2.02. The fourth-order valence-corrected chi connectivity index (χ4v) is 1.67. The second-order valence-electron chi connectivity index (χ2n) is 2.46. The third-order valence-electron chi connectivity index (χ3n) is 1.69. The molecule has 0 aliphatic carbocycles. The third kappa shape index (κ3) is 1.06. The number of phenols is 1. The van der Waals surface area contributed by atoms with Crippen molar-refractivity contribution in [3.8, 4) is 5.75 Å². The Bertz CT molecular complexity index is 391. The molecule has 0 unspecified atom stereocenters. The molecular weight excluding hydrogens is 218 g/mol. The van der Waals surface area contributed by atoms with Gasteiger partial charge in [-0.3, -0.25) is 4.98 Å². The monoisotopic (exact) mass is 223 g/mol. The highest BCUT2D eigenvalue weighted by Crippen LogP contribution is 2.29. The lowest BCUT2D eigenvalue weighted by Gasteiger charge is -2.00. The van der Waals surface area contributed by atoms with E-state index in [0.29, 0.717) is 0 Å². The van der Waals surface area contributed by atoms with E-state index < -0.39 is 0 Å². The molecular formula is C9H6BrNO. The zero-order valence-electron chi connectivity index (χ0n) is 6.16. The first-order chi connectivity index (χ1) is 5.79. The number of hydrogen-bond acceptors (Lipinski definition) is 2. The summed E-state index contributed by atoms with van der Waals surface area (Å²) in [6, 6.07) is 7.09. The van der Waals surface area contributed by atoms with Crippen LogP contribution in [0.3, 0.4) is 0 Å². The average Bonchev–Trinajstić information content (AvgIpc) is 2.04. The van der Waals surface area contributed by atoms with Crippen LogP contribution in [0.15, 0.2) is 34.9 Å². The molecule has 2 nitrogen and oxygen atoms in total. The van der Waals surface area contributed by atoms with Gasteiger partial charge in [0.2, 0.25) is 0 Å². The summed E-state index contributed by atoms with van der Waals surface area (Å²) in [4.78, 5) is 4.11. The molecule has 60 valence electrons. The molecule has 0 radical (unpaired) electrons. The quantitative estimate of drug-likeness (QED) is 0.746. The number of pyridine rings is 1. The largest absolute Gasteiger partial charge is 0.507 e. The van der Waals surface area contributed by atoms with Crippen LogP contribution in [0.4, 0.5) is 0 Å². The molecule has 0 spiro atoms. The van der Waals surface area contributed by atoms with Crippen LogP contribution in [0.2, 0.25) is 0 Å². The Morgan fingerprint density at radius 1 is 1.25 bits per heavy atom. The highest BCUT2D eigenvalue weighted by molar-refractivity contribution is 9.10. The number of fused-ring (bicyclic) bond motifs is 1. The molecule has 12 heavy (non-hydrogen) atoms. The maximum absolute atomic E-state index is 9.48. The average molecular weight is 224 g/mol. The van der Waals surface area contributed by atoms with Gasteiger partial charge in [-0.15, -0.1) is 0 Å². The molecule has 1 aromatic carbocycles. The Kier molecular flexibility index (Phi) is 1.73. The van der Waals surface area contributed by atoms with E-state index in [4.69, 9.17) is 0 Å². The van der Waals surface area contributed by atoms with Crippen molar-refractivity contribution in [1.29, 1.82) is 0 Å². The van der Waals surface area contributed by atoms with Gasteiger partial charge in [-0.1, -0.05) is 6.07 Å². The number of aromatic nitrogens is 1. The predicted octanol–water partition coefficient (Wildman–Crippen LogP) is 2.70. The molecule has 1 aromatic heterocycles. The number of rotatable bonds is 0. The maximum atomic E-state index is 9.48. The molecule has 0 bridgehead atoms. The third-order valence-corrected chi connectivity index (χ3v) is 2.35.